The Morgan fingerprint density at radius 2 is 2.08 bits per heavy atom. The Bertz CT molecular complexity index is 118. The summed E-state index contributed by atoms with van der Waals surface area (Å²) in [5, 5.41) is 10.9. The molecule has 0 aromatic rings. The first-order valence-corrected chi connectivity index (χ1v) is 3.43. The maximum Gasteiger partial charge on any atom is 0.415 e. The molecular weight excluding hydrogens is 175 g/mol. The van der Waals surface area contributed by atoms with Crippen LogP contribution >= 0.6 is 0 Å². The largest absolute Gasteiger partial charge is 0.415 e. The first-order valence-electron chi connectivity index (χ1n) is 3.43. The van der Waals surface area contributed by atoms with E-state index >= 15 is 0 Å². The van der Waals surface area contributed by atoms with Crippen molar-refractivity contribution in [3.63, 3.8) is 0 Å². The maximum absolute atomic E-state index is 11.6. The Morgan fingerprint density at radius 1 is 1.50 bits per heavy atom. The molecule has 0 saturated carbocycles. The van der Waals surface area contributed by atoms with Crippen LogP contribution < -0.4 is 5.32 Å². The molecule has 0 saturated heterocycles. The van der Waals surface area contributed by atoms with Crippen LogP contribution in [0.1, 0.15) is 0 Å². The van der Waals surface area contributed by atoms with Gasteiger partial charge < -0.3 is 15.2 Å². The molecule has 3 nitrogen and oxygen atoms in total. The van der Waals surface area contributed by atoms with Crippen molar-refractivity contribution in [2.45, 2.75) is 12.3 Å². The number of aliphatic hydroxyl groups is 1. The number of halogens is 3. The molecule has 0 rings (SSSR count). The predicted molar refractivity (Wildman–Crippen MR) is 36.8 cm³/mol. The van der Waals surface area contributed by atoms with Crippen LogP contribution in [0.4, 0.5) is 13.2 Å². The van der Waals surface area contributed by atoms with E-state index in [4.69, 9.17) is 5.11 Å². The second-order valence-electron chi connectivity index (χ2n) is 2.25. The lowest BCUT2D eigenvalue weighted by Crippen LogP contribution is -2.39. The third-order valence-electron chi connectivity index (χ3n) is 1.20. The van der Waals surface area contributed by atoms with Crippen molar-refractivity contribution >= 4 is 0 Å². The minimum atomic E-state index is -4.54. The zero-order valence-electron chi connectivity index (χ0n) is 6.69. The third-order valence-corrected chi connectivity index (χ3v) is 1.20. The third kappa shape index (κ3) is 5.34. The normalized spacial score (nSPS) is 14.8. The zero-order valence-corrected chi connectivity index (χ0v) is 6.69. The lowest BCUT2D eigenvalue weighted by molar-refractivity contribution is -0.201. The van der Waals surface area contributed by atoms with Gasteiger partial charge in [0.2, 0.25) is 0 Å². The Labute approximate surface area is 68.5 Å². The van der Waals surface area contributed by atoms with Gasteiger partial charge in [0, 0.05) is 20.2 Å². The smallest absolute Gasteiger partial charge is 0.383 e. The van der Waals surface area contributed by atoms with Gasteiger partial charge in [-0.1, -0.05) is 0 Å². The molecule has 0 spiro atoms. The summed E-state index contributed by atoms with van der Waals surface area (Å²) in [7, 11) is 1.45. The lowest BCUT2D eigenvalue weighted by atomic mass is 10.3. The molecule has 1 atom stereocenters. The molecule has 0 radical (unpaired) electrons. The quantitative estimate of drug-likeness (QED) is 0.602. The Balaban J connectivity index is 3.38. The zero-order chi connectivity index (χ0) is 9.61. The van der Waals surface area contributed by atoms with Crippen molar-refractivity contribution < 1.29 is 23.0 Å². The van der Waals surface area contributed by atoms with E-state index in [0.717, 1.165) is 0 Å². The summed E-state index contributed by atoms with van der Waals surface area (Å²) in [6.07, 6.45) is -6.84. The number of methoxy groups -OCH3 is 1. The second kappa shape index (κ2) is 5.34. The standard InChI is InChI=1S/C6H12F3NO2/c1-12-3-2-10-4-5(11)6(7,8)9/h5,10-11H,2-4H2,1H3. The summed E-state index contributed by atoms with van der Waals surface area (Å²) in [6.45, 7) is 0.126. The summed E-state index contributed by atoms with van der Waals surface area (Å²) in [6, 6.07) is 0. The fourth-order valence-corrected chi connectivity index (χ4v) is 0.529. The fourth-order valence-electron chi connectivity index (χ4n) is 0.529. The Hall–Kier alpha value is -0.330. The molecule has 0 amide bonds. The molecule has 12 heavy (non-hydrogen) atoms. The van der Waals surface area contributed by atoms with Gasteiger partial charge in [-0.15, -0.1) is 0 Å². The molecule has 74 valence electrons. The molecule has 0 aromatic heterocycles. The molecule has 0 aliphatic carbocycles. The molecular formula is C6H12F3NO2. The molecule has 0 bridgehead atoms. The van der Waals surface area contributed by atoms with Gasteiger partial charge in [0.1, 0.15) is 0 Å². The van der Waals surface area contributed by atoms with Crippen LogP contribution in [-0.4, -0.2) is 44.2 Å². The maximum atomic E-state index is 11.6. The first-order chi connectivity index (χ1) is 5.48. The summed E-state index contributed by atoms with van der Waals surface area (Å²) < 4.78 is 39.5. The molecule has 2 N–H and O–H groups in total. The van der Waals surface area contributed by atoms with E-state index in [1.54, 1.807) is 0 Å². The fraction of sp³-hybridized carbons (Fsp3) is 1.00. The number of hydrogen-bond acceptors (Lipinski definition) is 3. The van der Waals surface area contributed by atoms with Gasteiger partial charge in [-0.2, -0.15) is 13.2 Å². The average molecular weight is 187 g/mol. The SMILES string of the molecule is COCCNCC(O)C(F)(F)F. The van der Waals surface area contributed by atoms with E-state index in [1.807, 2.05) is 0 Å². The number of rotatable bonds is 5. The van der Waals surface area contributed by atoms with Crippen LogP contribution in [0.5, 0.6) is 0 Å². The van der Waals surface area contributed by atoms with Crippen LogP contribution in [0.25, 0.3) is 0 Å². The molecule has 6 heteroatoms. The number of hydrogen-bond donors (Lipinski definition) is 2. The molecule has 0 aliphatic rings. The molecule has 0 aromatic carbocycles. The topological polar surface area (TPSA) is 41.5 Å². The van der Waals surface area contributed by atoms with Gasteiger partial charge in [0.25, 0.3) is 0 Å². The van der Waals surface area contributed by atoms with E-state index in [0.29, 0.717) is 13.2 Å². The van der Waals surface area contributed by atoms with Gasteiger partial charge >= 0.3 is 6.18 Å². The van der Waals surface area contributed by atoms with Crippen LogP contribution in [0.15, 0.2) is 0 Å². The molecule has 0 fully saturated rings. The molecule has 1 unspecified atom stereocenters. The van der Waals surface area contributed by atoms with Crippen molar-refractivity contribution in [1.82, 2.24) is 5.32 Å². The predicted octanol–water partition coefficient (Wildman–Crippen LogP) is 0.146. The minimum Gasteiger partial charge on any atom is -0.383 e. The first kappa shape index (κ1) is 11.7. The number of alkyl halides is 3. The lowest BCUT2D eigenvalue weighted by Gasteiger charge is -2.14. The van der Waals surface area contributed by atoms with Gasteiger partial charge in [-0.25, -0.2) is 0 Å². The van der Waals surface area contributed by atoms with Crippen molar-refractivity contribution in [1.29, 1.82) is 0 Å². The Kier molecular flexibility index (Phi) is 5.19. The van der Waals surface area contributed by atoms with Crippen molar-refractivity contribution in [3.8, 4) is 0 Å². The van der Waals surface area contributed by atoms with Gasteiger partial charge in [0.15, 0.2) is 6.10 Å². The number of aliphatic hydroxyl groups excluding tert-OH is 1. The summed E-state index contributed by atoms with van der Waals surface area (Å²) in [5.74, 6) is 0. The Morgan fingerprint density at radius 3 is 2.50 bits per heavy atom. The van der Waals surface area contributed by atoms with Gasteiger partial charge in [0.05, 0.1) is 6.61 Å². The van der Waals surface area contributed by atoms with E-state index in [2.05, 4.69) is 10.1 Å². The highest BCUT2D eigenvalue weighted by molar-refractivity contribution is 4.67. The van der Waals surface area contributed by atoms with E-state index in [9.17, 15) is 13.2 Å². The summed E-state index contributed by atoms with van der Waals surface area (Å²) in [5.41, 5.74) is 0. The van der Waals surface area contributed by atoms with Gasteiger partial charge in [-0.3, -0.25) is 0 Å². The van der Waals surface area contributed by atoms with E-state index < -0.39 is 18.8 Å². The minimum absolute atomic E-state index is 0.295. The van der Waals surface area contributed by atoms with Crippen LogP contribution in [-0.2, 0) is 4.74 Å². The summed E-state index contributed by atoms with van der Waals surface area (Å²) in [4.78, 5) is 0. The van der Waals surface area contributed by atoms with Crippen molar-refractivity contribution in [2.75, 3.05) is 26.8 Å². The van der Waals surface area contributed by atoms with Crippen molar-refractivity contribution in [3.05, 3.63) is 0 Å². The van der Waals surface area contributed by atoms with Crippen molar-refractivity contribution in [2.24, 2.45) is 0 Å². The molecule has 0 heterocycles. The number of nitrogens with one attached hydrogen (secondary N) is 1. The summed E-state index contributed by atoms with van der Waals surface area (Å²) >= 11 is 0. The second-order valence-corrected chi connectivity index (χ2v) is 2.25. The van der Waals surface area contributed by atoms with E-state index in [1.165, 1.54) is 7.11 Å². The number of ether oxygens (including phenoxy) is 1. The highest BCUT2D eigenvalue weighted by Crippen LogP contribution is 2.18. The highest BCUT2D eigenvalue weighted by atomic mass is 19.4. The average Bonchev–Trinajstić information content (AvgIpc) is 1.96. The van der Waals surface area contributed by atoms with Crippen LogP contribution in [0.2, 0.25) is 0 Å². The van der Waals surface area contributed by atoms with E-state index in [-0.39, 0.29) is 0 Å². The van der Waals surface area contributed by atoms with Crippen LogP contribution in [0.3, 0.4) is 0 Å². The van der Waals surface area contributed by atoms with Crippen LogP contribution in [0, 0.1) is 0 Å². The monoisotopic (exact) mass is 187 g/mol. The highest BCUT2D eigenvalue weighted by Gasteiger charge is 2.37. The molecule has 0 aliphatic heterocycles. The van der Waals surface area contributed by atoms with Gasteiger partial charge in [-0.05, 0) is 0 Å².